The number of amides is 1. The van der Waals surface area contributed by atoms with Crippen LogP contribution in [0.3, 0.4) is 0 Å². The molecule has 2 aromatic heterocycles. The predicted molar refractivity (Wildman–Crippen MR) is 111 cm³/mol. The van der Waals surface area contributed by atoms with Gasteiger partial charge in [0.2, 0.25) is 0 Å². The van der Waals surface area contributed by atoms with Crippen LogP contribution >= 0.6 is 15.9 Å². The van der Waals surface area contributed by atoms with Gasteiger partial charge in [0.25, 0.3) is 5.91 Å². The summed E-state index contributed by atoms with van der Waals surface area (Å²) < 4.78 is 15.9. The zero-order chi connectivity index (χ0) is 20.0. The number of hydrogen-bond donors (Lipinski definition) is 1. The van der Waals surface area contributed by atoms with Crippen LogP contribution in [0.1, 0.15) is 28.8 Å². The molecule has 29 heavy (non-hydrogen) atoms. The summed E-state index contributed by atoms with van der Waals surface area (Å²) in [6.45, 7) is 0. The van der Waals surface area contributed by atoms with E-state index in [9.17, 15) is 9.18 Å². The molecule has 1 saturated carbocycles. The second kappa shape index (κ2) is 6.77. The van der Waals surface area contributed by atoms with E-state index in [-0.39, 0.29) is 17.3 Å². The van der Waals surface area contributed by atoms with Gasteiger partial charge in [-0.1, -0.05) is 28.1 Å². The van der Waals surface area contributed by atoms with Crippen molar-refractivity contribution in [2.24, 2.45) is 0 Å². The average Bonchev–Trinajstić information content (AvgIpc) is 3.38. The molecule has 5 rings (SSSR count). The van der Waals surface area contributed by atoms with E-state index >= 15 is 0 Å². The van der Waals surface area contributed by atoms with Gasteiger partial charge >= 0.3 is 0 Å². The number of benzene rings is 2. The van der Waals surface area contributed by atoms with E-state index in [0.717, 1.165) is 22.9 Å². The minimum Gasteiger partial charge on any atom is -0.342 e. The molecular weight excluding hydrogens is 435 g/mol. The molecule has 2 heterocycles. The third-order valence-corrected chi connectivity index (χ3v) is 5.79. The second-order valence-electron chi connectivity index (χ2n) is 7.20. The number of fused-ring (bicyclic) bond motifs is 1. The molecule has 5 nitrogen and oxygen atoms in total. The van der Waals surface area contributed by atoms with Crippen molar-refractivity contribution in [1.29, 1.82) is 0 Å². The molecule has 0 bridgehead atoms. The number of rotatable bonds is 4. The summed E-state index contributed by atoms with van der Waals surface area (Å²) in [5.74, 6) is -0.495. The van der Waals surface area contributed by atoms with Gasteiger partial charge in [-0.25, -0.2) is 9.07 Å². The normalized spacial score (nSPS) is 14.7. The highest BCUT2D eigenvalue weighted by atomic mass is 79.9. The fourth-order valence-corrected chi connectivity index (χ4v) is 3.99. The van der Waals surface area contributed by atoms with E-state index in [1.165, 1.54) is 12.1 Å². The van der Waals surface area contributed by atoms with Crippen molar-refractivity contribution in [2.45, 2.75) is 18.4 Å². The molecule has 4 aromatic rings. The first-order valence-electron chi connectivity index (χ1n) is 9.22. The first kappa shape index (κ1) is 18.0. The minimum absolute atomic E-state index is 0.181. The van der Waals surface area contributed by atoms with Crippen LogP contribution in [0.2, 0.25) is 0 Å². The molecule has 0 spiro atoms. The Balaban J connectivity index is 1.49. The quantitative estimate of drug-likeness (QED) is 0.488. The fourth-order valence-electron chi connectivity index (χ4n) is 3.59. The van der Waals surface area contributed by atoms with Crippen LogP contribution in [-0.2, 0) is 5.54 Å². The van der Waals surface area contributed by atoms with Gasteiger partial charge < -0.3 is 5.32 Å². The van der Waals surface area contributed by atoms with Crippen LogP contribution in [0.25, 0.3) is 16.6 Å². The lowest BCUT2D eigenvalue weighted by molar-refractivity contribution is 0.0932. The van der Waals surface area contributed by atoms with Gasteiger partial charge in [0.15, 0.2) is 0 Å². The topological polar surface area (TPSA) is 59.8 Å². The molecule has 7 heteroatoms. The van der Waals surface area contributed by atoms with Crippen LogP contribution in [0.5, 0.6) is 0 Å². The molecule has 1 N–H and O–H groups in total. The van der Waals surface area contributed by atoms with Gasteiger partial charge in [0.05, 0.1) is 34.7 Å². The maximum absolute atomic E-state index is 13.2. The summed E-state index contributed by atoms with van der Waals surface area (Å²) in [5.41, 5.74) is 2.61. The van der Waals surface area contributed by atoms with Gasteiger partial charge in [0.1, 0.15) is 5.82 Å². The molecule has 0 aliphatic heterocycles. The number of carbonyl (C=O) groups excluding carboxylic acids is 1. The Bertz CT molecular complexity index is 1230. The molecule has 0 atom stereocenters. The first-order chi connectivity index (χ1) is 14.1. The van der Waals surface area contributed by atoms with Crippen LogP contribution in [-0.4, -0.2) is 20.7 Å². The van der Waals surface area contributed by atoms with Gasteiger partial charge in [-0.3, -0.25) is 9.78 Å². The monoisotopic (exact) mass is 450 g/mol. The molecule has 0 unspecified atom stereocenters. The Morgan fingerprint density at radius 2 is 1.90 bits per heavy atom. The van der Waals surface area contributed by atoms with E-state index in [0.29, 0.717) is 22.2 Å². The van der Waals surface area contributed by atoms with E-state index in [2.05, 4.69) is 31.3 Å². The smallest absolute Gasteiger partial charge is 0.254 e. The zero-order valence-corrected chi connectivity index (χ0v) is 16.9. The highest BCUT2D eigenvalue weighted by Gasteiger charge is 2.46. The summed E-state index contributed by atoms with van der Waals surface area (Å²) in [6.07, 6.45) is 6.66. The van der Waals surface area contributed by atoms with Crippen molar-refractivity contribution >= 4 is 32.7 Å². The van der Waals surface area contributed by atoms with E-state index in [4.69, 9.17) is 0 Å². The highest BCUT2D eigenvalue weighted by molar-refractivity contribution is 9.10. The molecule has 1 aliphatic rings. The van der Waals surface area contributed by atoms with Crippen LogP contribution in [0, 0.1) is 5.82 Å². The molecule has 1 fully saturated rings. The van der Waals surface area contributed by atoms with Crippen molar-refractivity contribution in [3.63, 3.8) is 0 Å². The van der Waals surface area contributed by atoms with Gasteiger partial charge in [0, 0.05) is 16.1 Å². The summed E-state index contributed by atoms with van der Waals surface area (Å²) in [6, 6.07) is 14.0. The maximum atomic E-state index is 13.2. The molecule has 144 valence electrons. The number of pyridine rings is 1. The Labute approximate surface area is 174 Å². The summed E-state index contributed by atoms with van der Waals surface area (Å²) in [5, 5.41) is 8.28. The molecule has 1 amide bonds. The third-order valence-electron chi connectivity index (χ3n) is 5.29. The number of aromatic nitrogens is 3. The number of nitrogens with zero attached hydrogens (tertiary/aromatic N) is 3. The summed E-state index contributed by atoms with van der Waals surface area (Å²) in [7, 11) is 0. The minimum atomic E-state index is -0.337. The van der Waals surface area contributed by atoms with Crippen molar-refractivity contribution < 1.29 is 9.18 Å². The lowest BCUT2D eigenvalue weighted by Gasteiger charge is -2.18. The molecule has 2 aromatic carbocycles. The van der Waals surface area contributed by atoms with Crippen LogP contribution in [0.15, 0.2) is 71.6 Å². The average molecular weight is 451 g/mol. The fraction of sp³-hybridized carbons (Fsp3) is 0.136. The van der Waals surface area contributed by atoms with Gasteiger partial charge in [-0.05, 0) is 54.8 Å². The summed E-state index contributed by atoms with van der Waals surface area (Å²) >= 11 is 3.50. The standard InChI is InChI=1S/C22H16BrFN4O/c23-15-3-1-2-14(10-15)22(8-9-22)27-21(29)19-11-25-13-20-18(19)12-26-28(20)17-6-4-16(24)5-7-17/h1-7,10-13H,8-9H2,(H,27,29). The van der Waals surface area contributed by atoms with Gasteiger partial charge in [-0.15, -0.1) is 0 Å². The predicted octanol–water partition coefficient (Wildman–Crippen LogP) is 4.74. The Morgan fingerprint density at radius 3 is 2.62 bits per heavy atom. The van der Waals surface area contributed by atoms with Gasteiger partial charge in [-0.2, -0.15) is 5.10 Å². The number of carbonyl (C=O) groups is 1. The maximum Gasteiger partial charge on any atom is 0.254 e. The Hall–Kier alpha value is -3.06. The Morgan fingerprint density at radius 1 is 1.10 bits per heavy atom. The molecule has 0 saturated heterocycles. The van der Waals surface area contributed by atoms with E-state index in [1.807, 2.05) is 24.3 Å². The van der Waals surface area contributed by atoms with Crippen LogP contribution in [0.4, 0.5) is 4.39 Å². The third kappa shape index (κ3) is 3.21. The van der Waals surface area contributed by atoms with Crippen molar-refractivity contribution in [1.82, 2.24) is 20.1 Å². The Kier molecular flexibility index (Phi) is 4.20. The number of nitrogens with one attached hydrogen (secondary N) is 1. The van der Waals surface area contributed by atoms with E-state index in [1.54, 1.807) is 35.4 Å². The van der Waals surface area contributed by atoms with E-state index < -0.39 is 0 Å². The van der Waals surface area contributed by atoms with Crippen LogP contribution < -0.4 is 5.32 Å². The highest BCUT2D eigenvalue weighted by Crippen LogP contribution is 2.46. The molecular formula is C22H16BrFN4O. The van der Waals surface area contributed by atoms with Crippen molar-refractivity contribution in [3.05, 3.63) is 88.5 Å². The number of halogens is 2. The van der Waals surface area contributed by atoms with Crippen molar-refractivity contribution in [2.75, 3.05) is 0 Å². The first-order valence-corrected chi connectivity index (χ1v) is 10.0. The lowest BCUT2D eigenvalue weighted by Crippen LogP contribution is -2.35. The van der Waals surface area contributed by atoms with Crippen molar-refractivity contribution in [3.8, 4) is 5.69 Å². The largest absolute Gasteiger partial charge is 0.342 e. The molecule has 0 radical (unpaired) electrons. The number of hydrogen-bond acceptors (Lipinski definition) is 3. The molecule has 1 aliphatic carbocycles. The zero-order valence-electron chi connectivity index (χ0n) is 15.3. The summed E-state index contributed by atoms with van der Waals surface area (Å²) in [4.78, 5) is 17.4. The SMILES string of the molecule is O=C(NC1(c2cccc(Br)c2)CC1)c1cncc2c1cnn2-c1ccc(F)cc1. The second-order valence-corrected chi connectivity index (χ2v) is 8.11. The lowest BCUT2D eigenvalue weighted by atomic mass is 10.0.